The molecule has 3 aromatic rings. The molecule has 0 aliphatic carbocycles. The molecule has 0 aliphatic heterocycles. The Morgan fingerprint density at radius 1 is 1.05 bits per heavy atom. The molecule has 111 valence electrons. The summed E-state index contributed by atoms with van der Waals surface area (Å²) in [6.45, 7) is 2.14. The lowest BCUT2D eigenvalue weighted by Gasteiger charge is -2.04. The number of nitrogens with zero attached hydrogens (tertiary/aromatic N) is 4. The molecule has 0 amide bonds. The van der Waals surface area contributed by atoms with Gasteiger partial charge in [-0.25, -0.2) is 15.0 Å². The molecule has 0 saturated heterocycles. The van der Waals surface area contributed by atoms with Gasteiger partial charge in [0.05, 0.1) is 11.9 Å². The van der Waals surface area contributed by atoms with Crippen LogP contribution in [0.3, 0.4) is 0 Å². The molecular weight excluding hydrogens is 296 g/mol. The number of aryl methyl sites for hydroxylation is 1. The molecule has 5 heteroatoms. The minimum absolute atomic E-state index is 0.441. The highest BCUT2D eigenvalue weighted by Crippen LogP contribution is 2.18. The number of rotatable bonds is 5. The van der Waals surface area contributed by atoms with Crippen molar-refractivity contribution in [1.29, 1.82) is 0 Å². The van der Waals surface area contributed by atoms with Crippen LogP contribution in [0.2, 0.25) is 5.15 Å². The number of hydrogen-bond acceptors (Lipinski definition) is 4. The van der Waals surface area contributed by atoms with E-state index < -0.39 is 0 Å². The molecule has 0 unspecified atom stereocenters. The minimum atomic E-state index is 0.441. The Labute approximate surface area is 134 Å². The number of halogens is 1. The zero-order valence-electron chi connectivity index (χ0n) is 12.3. The SMILES string of the molecule is CC[CH]CCc1ccc2ncc(-c3cccc(Cl)n3)nc2n1. The Morgan fingerprint density at radius 2 is 1.95 bits per heavy atom. The second kappa shape index (κ2) is 6.79. The average Bonchev–Trinajstić information content (AvgIpc) is 2.54. The van der Waals surface area contributed by atoms with E-state index in [4.69, 9.17) is 11.6 Å². The summed E-state index contributed by atoms with van der Waals surface area (Å²) in [6, 6.07) is 9.42. The smallest absolute Gasteiger partial charge is 0.179 e. The summed E-state index contributed by atoms with van der Waals surface area (Å²) in [4.78, 5) is 17.8. The Bertz CT molecular complexity index is 788. The van der Waals surface area contributed by atoms with E-state index in [0.717, 1.165) is 30.5 Å². The fraction of sp³-hybridized carbons (Fsp3) is 0.235. The maximum atomic E-state index is 5.93. The maximum absolute atomic E-state index is 5.93. The van der Waals surface area contributed by atoms with Gasteiger partial charge in [-0.05, 0) is 43.5 Å². The number of fused-ring (bicyclic) bond motifs is 1. The Balaban J connectivity index is 1.93. The van der Waals surface area contributed by atoms with Crippen LogP contribution < -0.4 is 0 Å². The van der Waals surface area contributed by atoms with Gasteiger partial charge in [-0.15, -0.1) is 0 Å². The minimum Gasteiger partial charge on any atom is -0.251 e. The van der Waals surface area contributed by atoms with Crippen molar-refractivity contribution in [2.75, 3.05) is 0 Å². The molecule has 3 heterocycles. The van der Waals surface area contributed by atoms with Crippen molar-refractivity contribution in [2.45, 2.75) is 26.2 Å². The third kappa shape index (κ3) is 3.39. The van der Waals surface area contributed by atoms with Crippen molar-refractivity contribution in [3.8, 4) is 11.4 Å². The summed E-state index contributed by atoms with van der Waals surface area (Å²) in [6.07, 6.45) is 6.98. The van der Waals surface area contributed by atoms with E-state index in [1.165, 1.54) is 0 Å². The molecule has 0 fully saturated rings. The van der Waals surface area contributed by atoms with Gasteiger partial charge in [0.15, 0.2) is 5.65 Å². The summed E-state index contributed by atoms with van der Waals surface area (Å²) in [5.41, 5.74) is 3.85. The molecular formula is C17H16ClN4. The first-order valence-corrected chi connectivity index (χ1v) is 7.71. The fourth-order valence-electron chi connectivity index (χ4n) is 2.20. The predicted octanol–water partition coefficient (Wildman–Crippen LogP) is 4.29. The predicted molar refractivity (Wildman–Crippen MR) is 88.5 cm³/mol. The first kappa shape index (κ1) is 14.9. The van der Waals surface area contributed by atoms with Crippen LogP contribution in [0.5, 0.6) is 0 Å². The summed E-state index contributed by atoms with van der Waals surface area (Å²) in [7, 11) is 0. The van der Waals surface area contributed by atoms with Crippen molar-refractivity contribution >= 4 is 22.8 Å². The van der Waals surface area contributed by atoms with Gasteiger partial charge in [-0.2, -0.15) is 0 Å². The standard InChI is InChI=1S/C17H16ClN4/c1-2-3-4-6-12-9-10-14-17(20-12)22-15(11-19-14)13-7-5-8-16(18)21-13/h3,5,7-11H,2,4,6H2,1H3. The Hall–Kier alpha value is -2.07. The van der Waals surface area contributed by atoms with E-state index in [1.807, 2.05) is 24.3 Å². The van der Waals surface area contributed by atoms with Gasteiger partial charge >= 0.3 is 0 Å². The van der Waals surface area contributed by atoms with Crippen LogP contribution in [-0.2, 0) is 6.42 Å². The highest BCUT2D eigenvalue weighted by Gasteiger charge is 2.06. The second-order valence-corrected chi connectivity index (χ2v) is 5.37. The van der Waals surface area contributed by atoms with Crippen LogP contribution in [0, 0.1) is 6.42 Å². The van der Waals surface area contributed by atoms with Crippen LogP contribution in [-0.4, -0.2) is 19.9 Å². The molecule has 0 spiro atoms. The summed E-state index contributed by atoms with van der Waals surface area (Å²) < 4.78 is 0. The molecule has 0 aromatic carbocycles. The lowest BCUT2D eigenvalue weighted by molar-refractivity contribution is 0.855. The van der Waals surface area contributed by atoms with E-state index in [1.54, 1.807) is 12.3 Å². The zero-order valence-corrected chi connectivity index (χ0v) is 13.1. The first-order valence-electron chi connectivity index (χ1n) is 7.33. The van der Waals surface area contributed by atoms with Crippen molar-refractivity contribution in [3.63, 3.8) is 0 Å². The topological polar surface area (TPSA) is 51.6 Å². The zero-order chi connectivity index (χ0) is 15.4. The molecule has 0 bridgehead atoms. The molecule has 1 radical (unpaired) electrons. The van der Waals surface area contributed by atoms with Crippen LogP contribution in [0.15, 0.2) is 36.5 Å². The van der Waals surface area contributed by atoms with E-state index in [-0.39, 0.29) is 0 Å². The van der Waals surface area contributed by atoms with Gasteiger partial charge in [0.25, 0.3) is 0 Å². The summed E-state index contributed by atoms with van der Waals surface area (Å²) in [5, 5.41) is 0.441. The number of aromatic nitrogens is 4. The molecule has 0 aliphatic rings. The third-order valence-electron chi connectivity index (χ3n) is 3.34. The summed E-state index contributed by atoms with van der Waals surface area (Å²) >= 11 is 5.93. The second-order valence-electron chi connectivity index (χ2n) is 4.98. The van der Waals surface area contributed by atoms with Crippen LogP contribution in [0.1, 0.15) is 25.5 Å². The van der Waals surface area contributed by atoms with Crippen molar-refractivity contribution < 1.29 is 0 Å². The number of hydrogen-bond donors (Lipinski definition) is 0. The number of pyridine rings is 2. The molecule has 0 saturated carbocycles. The lowest BCUT2D eigenvalue weighted by atomic mass is 10.1. The van der Waals surface area contributed by atoms with Gasteiger partial charge in [0.1, 0.15) is 16.4 Å². The van der Waals surface area contributed by atoms with Crippen LogP contribution in [0.4, 0.5) is 0 Å². The Kier molecular flexibility index (Phi) is 4.59. The quantitative estimate of drug-likeness (QED) is 0.521. The highest BCUT2D eigenvalue weighted by atomic mass is 35.5. The van der Waals surface area contributed by atoms with Gasteiger partial charge in [0.2, 0.25) is 0 Å². The van der Waals surface area contributed by atoms with Crippen LogP contribution in [0.25, 0.3) is 22.6 Å². The molecule has 3 rings (SSSR count). The first-order chi connectivity index (χ1) is 10.8. The Morgan fingerprint density at radius 3 is 2.77 bits per heavy atom. The monoisotopic (exact) mass is 311 g/mol. The third-order valence-corrected chi connectivity index (χ3v) is 3.55. The molecule has 22 heavy (non-hydrogen) atoms. The van der Waals surface area contributed by atoms with Gasteiger partial charge in [0, 0.05) is 5.69 Å². The molecule has 3 aromatic heterocycles. The molecule has 4 nitrogen and oxygen atoms in total. The summed E-state index contributed by atoms with van der Waals surface area (Å²) in [5.74, 6) is 0. The van der Waals surface area contributed by atoms with Gasteiger partial charge in [-0.1, -0.05) is 31.0 Å². The van der Waals surface area contributed by atoms with E-state index >= 15 is 0 Å². The normalized spacial score (nSPS) is 11.0. The van der Waals surface area contributed by atoms with Crippen molar-refractivity contribution in [3.05, 3.63) is 53.8 Å². The molecule has 0 atom stereocenters. The average molecular weight is 312 g/mol. The van der Waals surface area contributed by atoms with E-state index in [9.17, 15) is 0 Å². The van der Waals surface area contributed by atoms with Gasteiger partial charge in [-0.3, -0.25) is 4.98 Å². The van der Waals surface area contributed by atoms with Gasteiger partial charge < -0.3 is 0 Å². The fourth-order valence-corrected chi connectivity index (χ4v) is 2.37. The molecule has 0 N–H and O–H groups in total. The van der Waals surface area contributed by atoms with Crippen molar-refractivity contribution in [2.24, 2.45) is 0 Å². The number of unbranched alkanes of at least 4 members (excludes halogenated alkanes) is 2. The van der Waals surface area contributed by atoms with Crippen molar-refractivity contribution in [1.82, 2.24) is 19.9 Å². The van der Waals surface area contributed by atoms with Crippen LogP contribution >= 0.6 is 11.6 Å². The largest absolute Gasteiger partial charge is 0.251 e. The van der Waals surface area contributed by atoms with E-state index in [2.05, 4.69) is 33.3 Å². The lowest BCUT2D eigenvalue weighted by Crippen LogP contribution is -1.96. The van der Waals surface area contributed by atoms with E-state index in [0.29, 0.717) is 22.2 Å². The maximum Gasteiger partial charge on any atom is 0.179 e. The highest BCUT2D eigenvalue weighted by molar-refractivity contribution is 6.29.